The van der Waals surface area contributed by atoms with Crippen molar-refractivity contribution in [1.29, 1.82) is 0 Å². The minimum absolute atomic E-state index is 0.0486. The Hall–Kier alpha value is -0.570. The van der Waals surface area contributed by atoms with Gasteiger partial charge in [-0.2, -0.15) is 0 Å². The first kappa shape index (κ1) is 5.56. The Kier molecular flexibility index (Phi) is 1.21. The van der Waals surface area contributed by atoms with E-state index in [1.807, 2.05) is 0 Å². The summed E-state index contributed by atoms with van der Waals surface area (Å²) in [6.45, 7) is 0. The fourth-order valence-corrected chi connectivity index (χ4v) is 0.614. The summed E-state index contributed by atoms with van der Waals surface area (Å²) in [5.41, 5.74) is 0. The first-order chi connectivity index (χ1) is 3.72. The molecule has 3 nitrogen and oxygen atoms in total. The summed E-state index contributed by atoms with van der Waals surface area (Å²) in [6.07, 6.45) is 0.635. The van der Waals surface area contributed by atoms with Crippen LogP contribution in [0.5, 0.6) is 0 Å². The molecule has 0 aromatic rings. The quantitative estimate of drug-likeness (QED) is 0.527. The lowest BCUT2D eigenvalue weighted by Crippen LogP contribution is -2.21. The van der Waals surface area contributed by atoms with Gasteiger partial charge < -0.3 is 10.2 Å². The van der Waals surface area contributed by atoms with Crippen molar-refractivity contribution < 1.29 is 15.0 Å². The summed E-state index contributed by atoms with van der Waals surface area (Å²) in [7, 11) is 0. The van der Waals surface area contributed by atoms with Gasteiger partial charge in [0, 0.05) is 0 Å². The Morgan fingerprint density at radius 1 is 1.62 bits per heavy atom. The number of hydrogen-bond acceptors (Lipinski definition) is 2. The van der Waals surface area contributed by atoms with Gasteiger partial charge >= 0.3 is 5.97 Å². The molecule has 2 N–H and O–H groups in total. The lowest BCUT2D eigenvalue weighted by Gasteiger charge is -1.98. The number of carboxylic acid groups (broad SMARTS) is 1. The van der Waals surface area contributed by atoms with Crippen molar-refractivity contribution in [1.82, 2.24) is 0 Å². The van der Waals surface area contributed by atoms with E-state index >= 15 is 0 Å². The third kappa shape index (κ3) is 0.980. The molecule has 0 unspecified atom stereocenters. The zero-order chi connectivity index (χ0) is 6.15. The smallest absolute Gasteiger partial charge is 0.332 e. The zero-order valence-electron chi connectivity index (χ0n) is 4.37. The molecule has 46 valence electrons. The summed E-state index contributed by atoms with van der Waals surface area (Å²) >= 11 is 0. The maximum atomic E-state index is 9.93. The van der Waals surface area contributed by atoms with Crippen LogP contribution in [0.2, 0.25) is 0 Å². The number of carbonyl (C=O) groups is 1. The first-order valence-corrected chi connectivity index (χ1v) is 2.62. The number of aliphatic carboxylic acids is 1. The fourth-order valence-electron chi connectivity index (χ4n) is 0.614. The highest BCUT2D eigenvalue weighted by atomic mass is 16.4. The average molecular weight is 116 g/mol. The van der Waals surface area contributed by atoms with Crippen molar-refractivity contribution in [2.24, 2.45) is 5.92 Å². The van der Waals surface area contributed by atoms with E-state index in [-0.39, 0.29) is 5.92 Å². The van der Waals surface area contributed by atoms with Crippen LogP contribution in [-0.4, -0.2) is 22.3 Å². The van der Waals surface area contributed by atoms with Gasteiger partial charge in [-0.05, 0) is 18.8 Å². The number of rotatable bonds is 2. The minimum Gasteiger partial charge on any atom is -0.479 e. The fraction of sp³-hybridized carbons (Fsp3) is 0.800. The van der Waals surface area contributed by atoms with Crippen LogP contribution in [0.1, 0.15) is 12.8 Å². The third-order valence-electron chi connectivity index (χ3n) is 1.32. The Balaban J connectivity index is 2.32. The normalized spacial score (nSPS) is 22.6. The maximum Gasteiger partial charge on any atom is 0.332 e. The molecule has 1 fully saturated rings. The first-order valence-electron chi connectivity index (χ1n) is 2.62. The molecule has 0 amide bonds. The highest BCUT2D eigenvalue weighted by Gasteiger charge is 2.34. The lowest BCUT2D eigenvalue weighted by atomic mass is 10.2. The van der Waals surface area contributed by atoms with E-state index in [2.05, 4.69) is 0 Å². The van der Waals surface area contributed by atoms with Gasteiger partial charge in [-0.15, -0.1) is 0 Å². The number of carboxylic acids is 1. The molecule has 0 heterocycles. The number of hydrogen-bond donors (Lipinski definition) is 2. The number of aliphatic hydroxyl groups excluding tert-OH is 1. The molecule has 0 saturated heterocycles. The van der Waals surface area contributed by atoms with Crippen LogP contribution in [0, 0.1) is 5.92 Å². The van der Waals surface area contributed by atoms with Gasteiger partial charge in [0.1, 0.15) is 0 Å². The summed E-state index contributed by atoms with van der Waals surface area (Å²) < 4.78 is 0. The summed E-state index contributed by atoms with van der Waals surface area (Å²) in [6, 6.07) is 0. The van der Waals surface area contributed by atoms with E-state index in [0.29, 0.717) is 0 Å². The molecule has 0 aromatic heterocycles. The maximum absolute atomic E-state index is 9.93. The Morgan fingerprint density at radius 2 is 2.12 bits per heavy atom. The van der Waals surface area contributed by atoms with Crippen molar-refractivity contribution in [2.75, 3.05) is 0 Å². The van der Waals surface area contributed by atoms with Crippen molar-refractivity contribution >= 4 is 5.97 Å². The molecule has 3 heteroatoms. The van der Waals surface area contributed by atoms with E-state index in [4.69, 9.17) is 10.2 Å². The molecule has 0 aliphatic heterocycles. The van der Waals surface area contributed by atoms with Crippen molar-refractivity contribution in [3.05, 3.63) is 0 Å². The molecule has 0 bridgehead atoms. The van der Waals surface area contributed by atoms with Crippen LogP contribution >= 0.6 is 0 Å². The van der Waals surface area contributed by atoms with E-state index < -0.39 is 12.1 Å². The summed E-state index contributed by atoms with van der Waals surface area (Å²) in [5.74, 6) is -1.04. The second-order valence-corrected chi connectivity index (χ2v) is 2.12. The Bertz CT molecular complexity index is 106. The summed E-state index contributed by atoms with van der Waals surface area (Å²) in [4.78, 5) is 9.93. The summed E-state index contributed by atoms with van der Waals surface area (Å²) in [5, 5.41) is 16.8. The zero-order valence-corrected chi connectivity index (χ0v) is 4.37. The molecule has 1 rings (SSSR count). The van der Waals surface area contributed by atoms with Gasteiger partial charge in [-0.3, -0.25) is 0 Å². The van der Waals surface area contributed by atoms with Gasteiger partial charge in [-0.25, -0.2) is 4.79 Å². The predicted molar refractivity (Wildman–Crippen MR) is 26.4 cm³/mol. The highest BCUT2D eigenvalue weighted by Crippen LogP contribution is 2.32. The molecule has 0 radical (unpaired) electrons. The van der Waals surface area contributed by atoms with Gasteiger partial charge in [0.15, 0.2) is 6.10 Å². The van der Waals surface area contributed by atoms with Crippen LogP contribution in [0.25, 0.3) is 0 Å². The SMILES string of the molecule is O=C(O)[C@@H](O)C1CC1. The van der Waals surface area contributed by atoms with Crippen molar-refractivity contribution in [3.8, 4) is 0 Å². The molecule has 1 saturated carbocycles. The monoisotopic (exact) mass is 116 g/mol. The molecule has 0 aromatic carbocycles. The number of aliphatic hydroxyl groups is 1. The molecular weight excluding hydrogens is 108 g/mol. The minimum atomic E-state index is -1.10. The van der Waals surface area contributed by atoms with Gasteiger partial charge in [0.2, 0.25) is 0 Å². The second-order valence-electron chi connectivity index (χ2n) is 2.12. The van der Waals surface area contributed by atoms with Crippen molar-refractivity contribution in [3.63, 3.8) is 0 Å². The van der Waals surface area contributed by atoms with Crippen LogP contribution < -0.4 is 0 Å². The van der Waals surface area contributed by atoms with Crippen LogP contribution in [0.15, 0.2) is 0 Å². The van der Waals surface area contributed by atoms with E-state index in [1.165, 1.54) is 0 Å². The molecule has 0 spiro atoms. The molecule has 8 heavy (non-hydrogen) atoms. The van der Waals surface area contributed by atoms with Crippen LogP contribution in [0.4, 0.5) is 0 Å². The third-order valence-corrected chi connectivity index (χ3v) is 1.32. The standard InChI is InChI=1S/C5H8O3/c6-4(5(7)8)3-1-2-3/h3-4,6H,1-2H2,(H,7,8)/t4-/m0/s1. The van der Waals surface area contributed by atoms with Crippen molar-refractivity contribution in [2.45, 2.75) is 18.9 Å². The van der Waals surface area contributed by atoms with E-state index in [1.54, 1.807) is 0 Å². The van der Waals surface area contributed by atoms with E-state index in [0.717, 1.165) is 12.8 Å². The Labute approximate surface area is 46.9 Å². The molecule has 1 atom stereocenters. The van der Waals surface area contributed by atoms with Gasteiger partial charge in [0.05, 0.1) is 0 Å². The van der Waals surface area contributed by atoms with Crippen LogP contribution in [-0.2, 0) is 4.79 Å². The van der Waals surface area contributed by atoms with Gasteiger partial charge in [-0.1, -0.05) is 0 Å². The predicted octanol–water partition coefficient (Wildman–Crippen LogP) is -0.158. The lowest BCUT2D eigenvalue weighted by molar-refractivity contribution is -0.147. The van der Waals surface area contributed by atoms with Gasteiger partial charge in [0.25, 0.3) is 0 Å². The topological polar surface area (TPSA) is 57.5 Å². The average Bonchev–Trinajstić information content (AvgIpc) is 2.43. The van der Waals surface area contributed by atoms with E-state index in [9.17, 15) is 4.79 Å². The Morgan fingerprint density at radius 3 is 2.25 bits per heavy atom. The second kappa shape index (κ2) is 1.74. The largest absolute Gasteiger partial charge is 0.479 e. The molecular formula is C5H8O3. The molecule has 1 aliphatic carbocycles. The highest BCUT2D eigenvalue weighted by molar-refractivity contribution is 5.72. The molecule has 1 aliphatic rings. The van der Waals surface area contributed by atoms with Crippen LogP contribution in [0.3, 0.4) is 0 Å².